The monoisotopic (exact) mass is 336 g/mol. The molecule has 2 heterocycles. The predicted octanol–water partition coefficient (Wildman–Crippen LogP) is 2.59. The lowest BCUT2D eigenvalue weighted by Gasteiger charge is -2.09. The van der Waals surface area contributed by atoms with Gasteiger partial charge in [0.25, 0.3) is 0 Å². The number of aliphatic hydroxyl groups excluding tert-OH is 1. The summed E-state index contributed by atoms with van der Waals surface area (Å²) in [4.78, 5) is 8.63. The average Bonchev–Trinajstić information content (AvgIpc) is 3.05. The molecule has 0 radical (unpaired) electrons. The van der Waals surface area contributed by atoms with Crippen LogP contribution in [0.2, 0.25) is 0 Å². The Balaban J connectivity index is 1.76. The topological polar surface area (TPSA) is 88.8 Å². The van der Waals surface area contributed by atoms with Gasteiger partial charge in [-0.05, 0) is 24.3 Å². The third-order valence-corrected chi connectivity index (χ3v) is 3.68. The van der Waals surface area contributed by atoms with Crippen LogP contribution in [-0.4, -0.2) is 30.1 Å². The van der Waals surface area contributed by atoms with Gasteiger partial charge >= 0.3 is 0 Å². The fourth-order valence-corrected chi connectivity index (χ4v) is 2.47. The number of anilines is 2. The highest BCUT2D eigenvalue weighted by atomic mass is 19.1. The molecule has 0 aliphatic carbocycles. The summed E-state index contributed by atoms with van der Waals surface area (Å²) in [7, 11) is 0. The zero-order chi connectivity index (χ0) is 17.2. The van der Waals surface area contributed by atoms with Crippen LogP contribution in [0.25, 0.3) is 16.9 Å². The van der Waals surface area contributed by atoms with Gasteiger partial charge < -0.3 is 10.4 Å². The minimum Gasteiger partial charge on any atom is -0.392 e. The van der Waals surface area contributed by atoms with Crippen LogP contribution in [0.1, 0.15) is 5.56 Å². The Morgan fingerprint density at radius 3 is 2.84 bits per heavy atom. The molecule has 2 aromatic carbocycles. The van der Waals surface area contributed by atoms with E-state index in [1.54, 1.807) is 18.2 Å². The SMILES string of the molecule is OCc1ccccc1Nc1ncc2nnn(-c3cccc(F)c3)c2n1. The van der Waals surface area contributed by atoms with Gasteiger partial charge in [0, 0.05) is 11.3 Å². The number of hydrogen-bond donors (Lipinski definition) is 2. The van der Waals surface area contributed by atoms with Gasteiger partial charge in [-0.1, -0.05) is 29.5 Å². The number of fused-ring (bicyclic) bond motifs is 1. The van der Waals surface area contributed by atoms with E-state index in [2.05, 4.69) is 25.6 Å². The maximum atomic E-state index is 13.5. The summed E-state index contributed by atoms with van der Waals surface area (Å²) in [6.07, 6.45) is 1.54. The summed E-state index contributed by atoms with van der Waals surface area (Å²) in [6.45, 7) is -0.103. The van der Waals surface area contributed by atoms with Crippen LogP contribution in [-0.2, 0) is 6.61 Å². The van der Waals surface area contributed by atoms with Crippen molar-refractivity contribution in [2.75, 3.05) is 5.32 Å². The van der Waals surface area contributed by atoms with Crippen LogP contribution in [0.4, 0.5) is 16.0 Å². The van der Waals surface area contributed by atoms with Crippen LogP contribution >= 0.6 is 0 Å². The number of para-hydroxylation sites is 1. The van der Waals surface area contributed by atoms with Gasteiger partial charge in [0.05, 0.1) is 18.5 Å². The first-order valence-corrected chi connectivity index (χ1v) is 7.55. The Morgan fingerprint density at radius 2 is 2.00 bits per heavy atom. The van der Waals surface area contributed by atoms with E-state index in [1.165, 1.54) is 23.0 Å². The van der Waals surface area contributed by atoms with Crippen molar-refractivity contribution in [2.45, 2.75) is 6.61 Å². The number of aromatic nitrogens is 5. The first-order chi connectivity index (χ1) is 12.2. The lowest BCUT2D eigenvalue weighted by molar-refractivity contribution is 0.282. The van der Waals surface area contributed by atoms with Crippen molar-refractivity contribution in [3.05, 3.63) is 66.1 Å². The third-order valence-electron chi connectivity index (χ3n) is 3.68. The van der Waals surface area contributed by atoms with E-state index in [0.29, 0.717) is 28.5 Å². The minimum atomic E-state index is -0.370. The van der Waals surface area contributed by atoms with Gasteiger partial charge in [-0.2, -0.15) is 9.67 Å². The molecule has 0 fully saturated rings. The summed E-state index contributed by atoms with van der Waals surface area (Å²) in [5.74, 6) is -0.0428. The van der Waals surface area contributed by atoms with Crippen LogP contribution in [0.5, 0.6) is 0 Å². The molecular weight excluding hydrogens is 323 g/mol. The Bertz CT molecular complexity index is 1050. The molecule has 0 unspecified atom stereocenters. The average molecular weight is 336 g/mol. The Morgan fingerprint density at radius 1 is 1.12 bits per heavy atom. The molecule has 124 valence electrons. The Kier molecular flexibility index (Phi) is 3.79. The predicted molar refractivity (Wildman–Crippen MR) is 90.1 cm³/mol. The molecule has 0 saturated carbocycles. The molecule has 2 aromatic heterocycles. The summed E-state index contributed by atoms with van der Waals surface area (Å²) in [6, 6.07) is 13.3. The van der Waals surface area contributed by atoms with Gasteiger partial charge in [0.15, 0.2) is 11.2 Å². The largest absolute Gasteiger partial charge is 0.392 e. The van der Waals surface area contributed by atoms with Crippen molar-refractivity contribution in [3.63, 3.8) is 0 Å². The van der Waals surface area contributed by atoms with Crippen molar-refractivity contribution >= 4 is 22.8 Å². The van der Waals surface area contributed by atoms with Gasteiger partial charge in [0.2, 0.25) is 5.95 Å². The second-order valence-corrected chi connectivity index (χ2v) is 5.32. The molecule has 0 bridgehead atoms. The molecule has 0 aliphatic rings. The van der Waals surface area contributed by atoms with E-state index < -0.39 is 0 Å². The van der Waals surface area contributed by atoms with Crippen molar-refractivity contribution < 1.29 is 9.50 Å². The van der Waals surface area contributed by atoms with E-state index in [4.69, 9.17) is 0 Å². The minimum absolute atomic E-state index is 0.103. The zero-order valence-corrected chi connectivity index (χ0v) is 13.0. The van der Waals surface area contributed by atoms with E-state index in [1.807, 2.05) is 18.2 Å². The quantitative estimate of drug-likeness (QED) is 0.595. The second-order valence-electron chi connectivity index (χ2n) is 5.32. The molecule has 2 N–H and O–H groups in total. The molecule has 4 rings (SSSR count). The number of hydrogen-bond acceptors (Lipinski definition) is 6. The summed E-state index contributed by atoms with van der Waals surface area (Å²) >= 11 is 0. The van der Waals surface area contributed by atoms with Crippen LogP contribution in [0.15, 0.2) is 54.7 Å². The number of nitrogens with one attached hydrogen (secondary N) is 1. The highest BCUT2D eigenvalue weighted by molar-refractivity contribution is 5.73. The second kappa shape index (κ2) is 6.25. The smallest absolute Gasteiger partial charge is 0.229 e. The Labute approximate surface area is 141 Å². The zero-order valence-electron chi connectivity index (χ0n) is 13.0. The molecule has 8 heteroatoms. The molecule has 0 atom stereocenters. The molecule has 0 saturated heterocycles. The van der Waals surface area contributed by atoms with Crippen LogP contribution in [0.3, 0.4) is 0 Å². The van der Waals surface area contributed by atoms with Crippen molar-refractivity contribution in [1.29, 1.82) is 0 Å². The first kappa shape index (κ1) is 15.2. The molecule has 0 aliphatic heterocycles. The molecule has 0 amide bonds. The van der Waals surface area contributed by atoms with E-state index in [-0.39, 0.29) is 12.4 Å². The summed E-state index contributed by atoms with van der Waals surface area (Å²) in [5, 5.41) is 20.5. The molecule has 7 nitrogen and oxygen atoms in total. The van der Waals surface area contributed by atoms with Crippen molar-refractivity contribution in [1.82, 2.24) is 25.0 Å². The molecule has 0 spiro atoms. The van der Waals surface area contributed by atoms with Crippen molar-refractivity contribution in [3.8, 4) is 5.69 Å². The number of nitrogens with zero attached hydrogens (tertiary/aromatic N) is 5. The van der Waals surface area contributed by atoms with Gasteiger partial charge in [0.1, 0.15) is 5.82 Å². The number of rotatable bonds is 4. The fraction of sp³-hybridized carbons (Fsp3) is 0.0588. The van der Waals surface area contributed by atoms with Crippen molar-refractivity contribution in [2.24, 2.45) is 0 Å². The van der Waals surface area contributed by atoms with Crippen LogP contribution < -0.4 is 5.32 Å². The van der Waals surface area contributed by atoms with E-state index in [9.17, 15) is 9.50 Å². The third kappa shape index (κ3) is 2.90. The van der Waals surface area contributed by atoms with Gasteiger partial charge in [-0.3, -0.25) is 0 Å². The van der Waals surface area contributed by atoms with Gasteiger partial charge in [-0.25, -0.2) is 9.37 Å². The lowest BCUT2D eigenvalue weighted by atomic mass is 10.2. The summed E-state index contributed by atoms with van der Waals surface area (Å²) in [5.41, 5.74) is 2.88. The van der Waals surface area contributed by atoms with Crippen LogP contribution in [0, 0.1) is 5.82 Å². The number of halogens is 1. The number of benzene rings is 2. The Hall–Kier alpha value is -3.39. The molecule has 4 aromatic rings. The summed E-state index contributed by atoms with van der Waals surface area (Å²) < 4.78 is 14.9. The first-order valence-electron chi connectivity index (χ1n) is 7.55. The highest BCUT2D eigenvalue weighted by Crippen LogP contribution is 2.21. The maximum Gasteiger partial charge on any atom is 0.229 e. The van der Waals surface area contributed by atoms with E-state index in [0.717, 1.165) is 5.56 Å². The highest BCUT2D eigenvalue weighted by Gasteiger charge is 2.11. The van der Waals surface area contributed by atoms with Gasteiger partial charge in [-0.15, -0.1) is 5.10 Å². The number of aliphatic hydroxyl groups is 1. The standard InChI is InChI=1S/C17H13FN6O/c18-12-5-3-6-13(8-12)24-16-15(22-23-24)9-19-17(21-16)20-14-7-2-1-4-11(14)10-25/h1-9,25H,10H2,(H,19,20,21). The molecule has 25 heavy (non-hydrogen) atoms. The fourth-order valence-electron chi connectivity index (χ4n) is 2.47. The molecular formula is C17H13FN6O. The normalized spacial score (nSPS) is 11.0. The lowest BCUT2D eigenvalue weighted by Crippen LogP contribution is -2.03. The van der Waals surface area contributed by atoms with E-state index >= 15 is 0 Å². The maximum absolute atomic E-state index is 13.5.